The van der Waals surface area contributed by atoms with Gasteiger partial charge in [-0.25, -0.2) is 5.43 Å². The summed E-state index contributed by atoms with van der Waals surface area (Å²) in [6, 6.07) is 12.8. The quantitative estimate of drug-likeness (QED) is 0.658. The smallest absolute Gasteiger partial charge is 0.277 e. The third-order valence-electron chi connectivity index (χ3n) is 3.02. The van der Waals surface area contributed by atoms with Gasteiger partial charge in [-0.3, -0.25) is 4.79 Å². The summed E-state index contributed by atoms with van der Waals surface area (Å²) in [4.78, 5) is 11.6. The van der Waals surface area contributed by atoms with Gasteiger partial charge in [-0.1, -0.05) is 24.3 Å². The highest BCUT2D eigenvalue weighted by atomic mass is 16.5. The minimum Gasteiger partial charge on any atom is -0.507 e. The zero-order valence-corrected chi connectivity index (χ0v) is 12.5. The number of amides is 1. The number of nitrogens with one attached hydrogen (secondary N) is 1. The van der Waals surface area contributed by atoms with Gasteiger partial charge in [-0.15, -0.1) is 0 Å². The van der Waals surface area contributed by atoms with E-state index in [1.165, 1.54) is 6.21 Å². The number of aromatic hydroxyl groups is 1. The summed E-state index contributed by atoms with van der Waals surface area (Å²) >= 11 is 0. The third kappa shape index (κ3) is 4.34. The predicted molar refractivity (Wildman–Crippen MR) is 85.3 cm³/mol. The number of carbonyl (C=O) groups is 1. The molecule has 0 aliphatic rings. The van der Waals surface area contributed by atoms with Gasteiger partial charge in [0, 0.05) is 5.56 Å². The minimum atomic E-state index is -0.370. The van der Waals surface area contributed by atoms with E-state index < -0.39 is 0 Å². The maximum atomic E-state index is 11.6. The van der Waals surface area contributed by atoms with Crippen LogP contribution in [0.15, 0.2) is 47.6 Å². The number of ether oxygens (including phenoxy) is 1. The van der Waals surface area contributed by atoms with Gasteiger partial charge in [-0.2, -0.15) is 5.10 Å². The Hall–Kier alpha value is -2.82. The minimum absolute atomic E-state index is 0.124. The average Bonchev–Trinajstić information content (AvgIpc) is 2.49. The van der Waals surface area contributed by atoms with Crippen LogP contribution in [0, 0.1) is 13.8 Å². The molecule has 2 aromatic rings. The fraction of sp³-hybridized carbons (Fsp3) is 0.176. The van der Waals surface area contributed by atoms with E-state index in [0.717, 1.165) is 11.1 Å². The second-order valence-electron chi connectivity index (χ2n) is 4.91. The lowest BCUT2D eigenvalue weighted by Gasteiger charge is -2.05. The van der Waals surface area contributed by atoms with Crippen molar-refractivity contribution in [1.82, 2.24) is 5.43 Å². The Morgan fingerprint density at radius 1 is 1.27 bits per heavy atom. The van der Waals surface area contributed by atoms with E-state index in [4.69, 9.17) is 4.74 Å². The van der Waals surface area contributed by atoms with Gasteiger partial charge in [0.1, 0.15) is 11.5 Å². The molecule has 0 saturated heterocycles. The van der Waals surface area contributed by atoms with Crippen LogP contribution in [0.25, 0.3) is 0 Å². The molecule has 0 saturated carbocycles. The van der Waals surface area contributed by atoms with Crippen LogP contribution in [-0.2, 0) is 4.79 Å². The van der Waals surface area contributed by atoms with Crippen molar-refractivity contribution in [1.29, 1.82) is 0 Å². The van der Waals surface area contributed by atoms with Gasteiger partial charge >= 0.3 is 0 Å². The van der Waals surface area contributed by atoms with Gasteiger partial charge < -0.3 is 9.84 Å². The first-order chi connectivity index (χ1) is 10.6. The summed E-state index contributed by atoms with van der Waals surface area (Å²) in [5.74, 6) is 0.414. The monoisotopic (exact) mass is 298 g/mol. The zero-order valence-electron chi connectivity index (χ0n) is 12.5. The summed E-state index contributed by atoms with van der Waals surface area (Å²) in [5, 5.41) is 13.6. The molecule has 22 heavy (non-hydrogen) atoms. The third-order valence-corrected chi connectivity index (χ3v) is 3.02. The number of para-hydroxylation sites is 1. The molecule has 1 amide bonds. The largest absolute Gasteiger partial charge is 0.507 e. The maximum Gasteiger partial charge on any atom is 0.277 e. The highest BCUT2D eigenvalue weighted by Crippen LogP contribution is 2.19. The molecular weight excluding hydrogens is 280 g/mol. The SMILES string of the molecule is Cc1cccc(OCC(=O)NN=Cc2cccc(C)c2O)c1. The number of hydrazone groups is 1. The second-order valence-corrected chi connectivity index (χ2v) is 4.91. The van der Waals surface area contributed by atoms with Gasteiger partial charge in [0.25, 0.3) is 5.91 Å². The van der Waals surface area contributed by atoms with Crippen LogP contribution in [0.1, 0.15) is 16.7 Å². The Morgan fingerprint density at radius 2 is 2.05 bits per heavy atom. The fourth-order valence-electron chi connectivity index (χ4n) is 1.85. The summed E-state index contributed by atoms with van der Waals surface area (Å²) in [5.41, 5.74) is 4.71. The van der Waals surface area contributed by atoms with Crippen LogP contribution in [0.2, 0.25) is 0 Å². The molecule has 114 valence electrons. The molecule has 0 atom stereocenters. The highest BCUT2D eigenvalue weighted by Gasteiger charge is 2.03. The van der Waals surface area contributed by atoms with E-state index in [1.54, 1.807) is 31.2 Å². The molecule has 2 N–H and O–H groups in total. The van der Waals surface area contributed by atoms with Crippen LogP contribution in [0.3, 0.4) is 0 Å². The Kier molecular flexibility index (Phi) is 5.14. The standard InChI is InChI=1S/C17H18N2O3/c1-12-5-3-8-15(9-12)22-11-16(20)19-18-10-14-7-4-6-13(2)17(14)21/h3-10,21H,11H2,1-2H3,(H,19,20). The van der Waals surface area contributed by atoms with Crippen molar-refractivity contribution in [3.8, 4) is 11.5 Å². The van der Waals surface area contributed by atoms with Gasteiger partial charge in [0.05, 0.1) is 6.21 Å². The van der Waals surface area contributed by atoms with E-state index in [9.17, 15) is 9.90 Å². The number of hydrogen-bond acceptors (Lipinski definition) is 4. The summed E-state index contributed by atoms with van der Waals surface area (Å²) in [7, 11) is 0. The van der Waals surface area contributed by atoms with E-state index in [0.29, 0.717) is 11.3 Å². The molecular formula is C17H18N2O3. The molecule has 0 unspecified atom stereocenters. The molecule has 2 aromatic carbocycles. The molecule has 2 rings (SSSR count). The number of phenolic OH excluding ortho intramolecular Hbond substituents is 1. The first-order valence-electron chi connectivity index (χ1n) is 6.86. The Balaban J connectivity index is 1.85. The average molecular weight is 298 g/mol. The number of carbonyl (C=O) groups excluding carboxylic acids is 1. The molecule has 0 fully saturated rings. The van der Waals surface area contributed by atoms with E-state index in [-0.39, 0.29) is 18.3 Å². The van der Waals surface area contributed by atoms with Crippen LogP contribution in [-0.4, -0.2) is 23.8 Å². The second kappa shape index (κ2) is 7.26. The van der Waals surface area contributed by atoms with E-state index in [1.807, 2.05) is 25.1 Å². The van der Waals surface area contributed by atoms with E-state index >= 15 is 0 Å². The number of aryl methyl sites for hydroxylation is 2. The van der Waals surface area contributed by atoms with Gasteiger partial charge in [-0.05, 0) is 43.2 Å². The van der Waals surface area contributed by atoms with Crippen molar-refractivity contribution >= 4 is 12.1 Å². The molecule has 0 aliphatic carbocycles. The molecule has 0 radical (unpaired) electrons. The maximum absolute atomic E-state index is 11.6. The number of rotatable bonds is 5. The Bertz CT molecular complexity index is 696. The van der Waals surface area contributed by atoms with Crippen molar-refractivity contribution in [3.05, 3.63) is 59.2 Å². The first-order valence-corrected chi connectivity index (χ1v) is 6.86. The van der Waals surface area contributed by atoms with Crippen molar-refractivity contribution in [3.63, 3.8) is 0 Å². The number of phenols is 1. The molecule has 0 aliphatic heterocycles. The highest BCUT2D eigenvalue weighted by molar-refractivity contribution is 5.85. The van der Waals surface area contributed by atoms with Crippen LogP contribution < -0.4 is 10.2 Å². The van der Waals surface area contributed by atoms with Crippen LogP contribution in [0.5, 0.6) is 11.5 Å². The summed E-state index contributed by atoms with van der Waals surface area (Å²) in [6.45, 7) is 3.62. The lowest BCUT2D eigenvalue weighted by atomic mass is 10.1. The van der Waals surface area contributed by atoms with Crippen molar-refractivity contribution in [2.24, 2.45) is 5.10 Å². The summed E-state index contributed by atoms with van der Waals surface area (Å²) < 4.78 is 5.36. The molecule has 0 aromatic heterocycles. The number of hydrogen-bond donors (Lipinski definition) is 2. The lowest BCUT2D eigenvalue weighted by Crippen LogP contribution is -2.24. The molecule has 5 heteroatoms. The van der Waals surface area contributed by atoms with Crippen molar-refractivity contribution < 1.29 is 14.6 Å². The number of benzene rings is 2. The lowest BCUT2D eigenvalue weighted by molar-refractivity contribution is -0.123. The van der Waals surface area contributed by atoms with Crippen molar-refractivity contribution in [2.45, 2.75) is 13.8 Å². The molecule has 5 nitrogen and oxygen atoms in total. The molecule has 0 heterocycles. The molecule has 0 spiro atoms. The topological polar surface area (TPSA) is 70.9 Å². The van der Waals surface area contributed by atoms with Gasteiger partial charge in [0.15, 0.2) is 6.61 Å². The fourth-order valence-corrected chi connectivity index (χ4v) is 1.85. The first kappa shape index (κ1) is 15.6. The molecule has 0 bridgehead atoms. The van der Waals surface area contributed by atoms with Crippen LogP contribution in [0.4, 0.5) is 0 Å². The Morgan fingerprint density at radius 3 is 2.82 bits per heavy atom. The van der Waals surface area contributed by atoms with E-state index in [2.05, 4.69) is 10.5 Å². The van der Waals surface area contributed by atoms with Gasteiger partial charge in [0.2, 0.25) is 0 Å². The Labute approximate surface area is 129 Å². The summed E-state index contributed by atoms with van der Waals surface area (Å²) in [6.07, 6.45) is 1.40. The normalized spacial score (nSPS) is 10.6. The van der Waals surface area contributed by atoms with Crippen LogP contribution >= 0.6 is 0 Å². The van der Waals surface area contributed by atoms with Crippen molar-refractivity contribution in [2.75, 3.05) is 6.61 Å². The zero-order chi connectivity index (χ0) is 15.9. The number of nitrogens with zero attached hydrogens (tertiary/aromatic N) is 1. The predicted octanol–water partition coefficient (Wildman–Crippen LogP) is 2.54.